The highest BCUT2D eigenvalue weighted by Gasteiger charge is 2.15. The number of aromatic nitrogens is 1. The third-order valence-electron chi connectivity index (χ3n) is 2.51. The molecule has 2 heterocycles. The van der Waals surface area contributed by atoms with Gasteiger partial charge in [-0.2, -0.15) is 0 Å². The molecule has 0 fully saturated rings. The Kier molecular flexibility index (Phi) is 3.31. The second-order valence-corrected chi connectivity index (χ2v) is 3.52. The Hall–Kier alpha value is -1.68. The van der Waals surface area contributed by atoms with Crippen LogP contribution in [-0.2, 0) is 6.42 Å². The van der Waals surface area contributed by atoms with Gasteiger partial charge in [0.25, 0.3) is 0 Å². The molecule has 0 aliphatic carbocycles. The molecule has 0 spiro atoms. The summed E-state index contributed by atoms with van der Waals surface area (Å²) in [6.45, 7) is 0. The van der Waals surface area contributed by atoms with Crippen molar-refractivity contribution in [3.8, 4) is 0 Å². The highest BCUT2D eigenvalue weighted by molar-refractivity contribution is 5.19. The molecule has 2 rings (SSSR count). The highest BCUT2D eigenvalue weighted by Crippen LogP contribution is 2.20. The van der Waals surface area contributed by atoms with E-state index < -0.39 is 0 Å². The van der Waals surface area contributed by atoms with E-state index in [4.69, 9.17) is 4.42 Å². The molecule has 0 aliphatic heterocycles. The van der Waals surface area contributed by atoms with Gasteiger partial charge in [0.05, 0.1) is 12.5 Å². The van der Waals surface area contributed by atoms with Gasteiger partial charge in [-0.15, -0.1) is 0 Å². The van der Waals surface area contributed by atoms with E-state index in [2.05, 4.69) is 10.3 Å². The standard InChI is InChI=1S/C12H13FN2O/c1-14-12(7-9-3-2-6-16-9)10-4-5-15-8-11(10)13/h2-6,8,12,14H,7H2,1H3. The SMILES string of the molecule is CNC(Cc1ccco1)c1ccncc1F. The van der Waals surface area contributed by atoms with Gasteiger partial charge in [0, 0.05) is 24.2 Å². The maximum absolute atomic E-state index is 13.5. The van der Waals surface area contributed by atoms with Crippen molar-refractivity contribution in [1.82, 2.24) is 10.3 Å². The molecule has 2 aromatic rings. The van der Waals surface area contributed by atoms with Crippen molar-refractivity contribution in [2.24, 2.45) is 0 Å². The molecule has 0 amide bonds. The van der Waals surface area contributed by atoms with Crippen molar-refractivity contribution in [3.63, 3.8) is 0 Å². The average molecular weight is 220 g/mol. The number of nitrogens with zero attached hydrogens (tertiary/aromatic N) is 1. The molecule has 16 heavy (non-hydrogen) atoms. The van der Waals surface area contributed by atoms with E-state index in [0.29, 0.717) is 12.0 Å². The largest absolute Gasteiger partial charge is 0.469 e. The van der Waals surface area contributed by atoms with E-state index in [1.807, 2.05) is 12.1 Å². The summed E-state index contributed by atoms with van der Waals surface area (Å²) in [4.78, 5) is 3.73. The quantitative estimate of drug-likeness (QED) is 0.859. The number of likely N-dealkylation sites (N-methyl/N-ethyl adjacent to an activating group) is 1. The van der Waals surface area contributed by atoms with E-state index in [0.717, 1.165) is 5.76 Å². The van der Waals surface area contributed by atoms with Gasteiger partial charge in [-0.25, -0.2) is 4.39 Å². The van der Waals surface area contributed by atoms with Crippen LogP contribution in [-0.4, -0.2) is 12.0 Å². The van der Waals surface area contributed by atoms with Gasteiger partial charge in [-0.05, 0) is 25.2 Å². The van der Waals surface area contributed by atoms with Crippen LogP contribution in [0.2, 0.25) is 0 Å². The Morgan fingerprint density at radius 1 is 1.50 bits per heavy atom. The summed E-state index contributed by atoms with van der Waals surface area (Å²) in [5, 5.41) is 3.07. The summed E-state index contributed by atoms with van der Waals surface area (Å²) < 4.78 is 18.8. The van der Waals surface area contributed by atoms with Crippen LogP contribution in [0.3, 0.4) is 0 Å². The van der Waals surface area contributed by atoms with Crippen molar-refractivity contribution in [1.29, 1.82) is 0 Å². The lowest BCUT2D eigenvalue weighted by atomic mass is 10.0. The van der Waals surface area contributed by atoms with Crippen LogP contribution in [0.4, 0.5) is 4.39 Å². The fourth-order valence-corrected chi connectivity index (χ4v) is 1.67. The van der Waals surface area contributed by atoms with Gasteiger partial charge < -0.3 is 9.73 Å². The summed E-state index contributed by atoms with van der Waals surface area (Å²) in [7, 11) is 1.80. The van der Waals surface area contributed by atoms with Crippen LogP contribution < -0.4 is 5.32 Å². The molecule has 2 aromatic heterocycles. The van der Waals surface area contributed by atoms with Crippen LogP contribution in [0.5, 0.6) is 0 Å². The fraction of sp³-hybridized carbons (Fsp3) is 0.250. The Morgan fingerprint density at radius 2 is 2.38 bits per heavy atom. The van der Waals surface area contributed by atoms with Gasteiger partial charge in [0.2, 0.25) is 0 Å². The maximum Gasteiger partial charge on any atom is 0.146 e. The molecule has 0 saturated heterocycles. The Balaban J connectivity index is 2.20. The first kappa shape index (κ1) is 10.8. The number of hydrogen-bond donors (Lipinski definition) is 1. The zero-order chi connectivity index (χ0) is 11.4. The molecule has 0 saturated carbocycles. The van der Waals surface area contributed by atoms with Crippen LogP contribution in [0.1, 0.15) is 17.4 Å². The summed E-state index contributed by atoms with van der Waals surface area (Å²) in [5.41, 5.74) is 0.605. The molecular formula is C12H13FN2O. The van der Waals surface area contributed by atoms with Crippen LogP contribution in [0, 0.1) is 5.82 Å². The second kappa shape index (κ2) is 4.90. The predicted molar refractivity (Wildman–Crippen MR) is 58.4 cm³/mol. The summed E-state index contributed by atoms with van der Waals surface area (Å²) in [6.07, 6.45) is 5.04. The van der Waals surface area contributed by atoms with Crippen molar-refractivity contribution >= 4 is 0 Å². The molecule has 84 valence electrons. The Morgan fingerprint density at radius 3 is 3.00 bits per heavy atom. The smallest absolute Gasteiger partial charge is 0.146 e. The molecule has 0 radical (unpaired) electrons. The minimum Gasteiger partial charge on any atom is -0.469 e. The molecule has 1 unspecified atom stereocenters. The van der Waals surface area contributed by atoms with E-state index in [1.54, 1.807) is 25.6 Å². The molecule has 1 N–H and O–H groups in total. The van der Waals surface area contributed by atoms with E-state index in [-0.39, 0.29) is 11.9 Å². The lowest BCUT2D eigenvalue weighted by molar-refractivity contribution is 0.455. The summed E-state index contributed by atoms with van der Waals surface area (Å²) in [6, 6.07) is 5.28. The number of rotatable bonds is 4. The lowest BCUT2D eigenvalue weighted by Crippen LogP contribution is -2.20. The summed E-state index contributed by atoms with van der Waals surface area (Å²) in [5.74, 6) is 0.531. The van der Waals surface area contributed by atoms with E-state index in [1.165, 1.54) is 6.20 Å². The minimum absolute atomic E-state index is 0.103. The molecule has 0 aliphatic rings. The number of halogens is 1. The third-order valence-corrected chi connectivity index (χ3v) is 2.51. The van der Waals surface area contributed by atoms with Crippen molar-refractivity contribution in [3.05, 3.63) is 54.0 Å². The lowest BCUT2D eigenvalue weighted by Gasteiger charge is -2.15. The van der Waals surface area contributed by atoms with Gasteiger partial charge in [0.15, 0.2) is 0 Å². The van der Waals surface area contributed by atoms with E-state index >= 15 is 0 Å². The molecule has 1 atom stereocenters. The molecular weight excluding hydrogens is 207 g/mol. The highest BCUT2D eigenvalue weighted by atomic mass is 19.1. The molecule has 3 nitrogen and oxygen atoms in total. The predicted octanol–water partition coefficient (Wildman–Crippen LogP) is 2.32. The van der Waals surface area contributed by atoms with Gasteiger partial charge >= 0.3 is 0 Å². The maximum atomic E-state index is 13.5. The van der Waals surface area contributed by atoms with Gasteiger partial charge in [-0.1, -0.05) is 0 Å². The van der Waals surface area contributed by atoms with Crippen molar-refractivity contribution in [2.75, 3.05) is 7.05 Å². The first-order valence-corrected chi connectivity index (χ1v) is 5.10. The fourth-order valence-electron chi connectivity index (χ4n) is 1.67. The first-order chi connectivity index (χ1) is 7.81. The van der Waals surface area contributed by atoms with Crippen LogP contribution in [0.15, 0.2) is 41.3 Å². The number of nitrogens with one attached hydrogen (secondary N) is 1. The molecule has 4 heteroatoms. The zero-order valence-corrected chi connectivity index (χ0v) is 8.98. The number of pyridine rings is 1. The van der Waals surface area contributed by atoms with Crippen LogP contribution >= 0.6 is 0 Å². The summed E-state index contributed by atoms with van der Waals surface area (Å²) >= 11 is 0. The normalized spacial score (nSPS) is 12.6. The molecule has 0 aromatic carbocycles. The molecule has 0 bridgehead atoms. The first-order valence-electron chi connectivity index (χ1n) is 5.10. The van der Waals surface area contributed by atoms with Crippen molar-refractivity contribution in [2.45, 2.75) is 12.5 Å². The topological polar surface area (TPSA) is 38.1 Å². The van der Waals surface area contributed by atoms with Gasteiger partial charge in [-0.3, -0.25) is 4.98 Å². The van der Waals surface area contributed by atoms with E-state index in [9.17, 15) is 4.39 Å². The Labute approximate surface area is 93.3 Å². The Bertz CT molecular complexity index is 442. The monoisotopic (exact) mass is 220 g/mol. The van der Waals surface area contributed by atoms with Gasteiger partial charge in [0.1, 0.15) is 11.6 Å². The van der Waals surface area contributed by atoms with Crippen LogP contribution in [0.25, 0.3) is 0 Å². The van der Waals surface area contributed by atoms with Crippen molar-refractivity contribution < 1.29 is 8.81 Å². The average Bonchev–Trinajstić information content (AvgIpc) is 2.80. The second-order valence-electron chi connectivity index (χ2n) is 3.52. The zero-order valence-electron chi connectivity index (χ0n) is 8.98. The number of furan rings is 1. The minimum atomic E-state index is -0.298. The third kappa shape index (κ3) is 2.28. The number of hydrogen-bond acceptors (Lipinski definition) is 3.